The zero-order chi connectivity index (χ0) is 16.7. The Hall–Kier alpha value is -2.17. The summed E-state index contributed by atoms with van der Waals surface area (Å²) in [5.41, 5.74) is 0.112. The molecule has 0 unspecified atom stereocenters. The van der Waals surface area contributed by atoms with E-state index in [9.17, 15) is 9.90 Å². The van der Waals surface area contributed by atoms with Gasteiger partial charge in [-0.25, -0.2) is 4.79 Å². The van der Waals surface area contributed by atoms with Gasteiger partial charge < -0.3 is 14.6 Å². The second kappa shape index (κ2) is 7.90. The van der Waals surface area contributed by atoms with Crippen LogP contribution in [-0.4, -0.2) is 30.9 Å². The Morgan fingerprint density at radius 1 is 1.04 bits per heavy atom. The molecule has 4 nitrogen and oxygen atoms in total. The lowest BCUT2D eigenvalue weighted by molar-refractivity contribution is -0.170. The van der Waals surface area contributed by atoms with E-state index in [1.54, 1.807) is 0 Å². The highest BCUT2D eigenvalue weighted by atomic mass is 16.6. The normalized spacial score (nSPS) is 12.7. The van der Waals surface area contributed by atoms with E-state index < -0.39 is 17.7 Å². The zero-order valence-electron chi connectivity index (χ0n) is 13.4. The molecule has 0 aliphatic heterocycles. The lowest BCUT2D eigenvalue weighted by Crippen LogP contribution is -2.48. The molecule has 0 aliphatic rings. The molecule has 1 atom stereocenters. The number of methoxy groups -OCH3 is 1. The van der Waals surface area contributed by atoms with E-state index in [0.29, 0.717) is 17.7 Å². The third-order valence-corrected chi connectivity index (χ3v) is 3.75. The van der Waals surface area contributed by atoms with Crippen molar-refractivity contribution in [2.45, 2.75) is 25.0 Å². The van der Waals surface area contributed by atoms with Crippen molar-refractivity contribution < 1.29 is 19.4 Å². The van der Waals surface area contributed by atoms with Crippen LogP contribution in [0.25, 0.3) is 0 Å². The number of benzene rings is 2. The van der Waals surface area contributed by atoms with Crippen LogP contribution < -0.4 is 0 Å². The molecule has 0 bridgehead atoms. The summed E-state index contributed by atoms with van der Waals surface area (Å²) in [5.74, 6) is -0.728. The predicted octanol–water partition coefficient (Wildman–Crippen LogP) is 2.89. The molecule has 0 fully saturated rings. The summed E-state index contributed by atoms with van der Waals surface area (Å²) in [5, 5.41) is 10.8. The number of hydrogen-bond donors (Lipinski definition) is 1. The Bertz CT molecular complexity index is 570. The first-order valence-corrected chi connectivity index (χ1v) is 7.67. The van der Waals surface area contributed by atoms with Gasteiger partial charge in [-0.2, -0.15) is 0 Å². The number of carbonyl (C=O) groups excluding carboxylic acids is 1. The number of esters is 1. The van der Waals surface area contributed by atoms with Crippen LogP contribution in [0.1, 0.15) is 24.5 Å². The first-order valence-electron chi connectivity index (χ1n) is 7.67. The molecule has 0 radical (unpaired) electrons. The van der Waals surface area contributed by atoms with Crippen LogP contribution in [0.5, 0.6) is 0 Å². The topological polar surface area (TPSA) is 55.8 Å². The fraction of sp³-hybridized carbons (Fsp3) is 0.316. The van der Waals surface area contributed by atoms with Gasteiger partial charge in [-0.15, -0.1) is 0 Å². The van der Waals surface area contributed by atoms with E-state index in [-0.39, 0.29) is 0 Å². The molecule has 23 heavy (non-hydrogen) atoms. The van der Waals surface area contributed by atoms with Gasteiger partial charge in [-0.1, -0.05) is 67.6 Å². The first kappa shape index (κ1) is 17.2. The molecule has 122 valence electrons. The summed E-state index contributed by atoms with van der Waals surface area (Å²) in [7, 11) is 1.26. The smallest absolute Gasteiger partial charge is 0.338 e. The standard InChI is InChI=1S/C19H22O4/c1-3-14-23-19(17(20)18(21)22-2,15-10-6-4-7-11-15)16-12-8-5-9-13-16/h4-13,17,20H,3,14H2,1-2H3/t17-/m1/s1. The SMILES string of the molecule is CCCOC(c1ccccc1)(c1ccccc1)[C@H](O)C(=O)OC. The number of carbonyl (C=O) groups is 1. The van der Waals surface area contributed by atoms with Gasteiger partial charge in [-0.3, -0.25) is 0 Å². The summed E-state index contributed by atoms with van der Waals surface area (Å²) in [6.45, 7) is 2.38. The quantitative estimate of drug-likeness (QED) is 0.798. The van der Waals surface area contributed by atoms with Gasteiger partial charge in [0.2, 0.25) is 0 Å². The predicted molar refractivity (Wildman–Crippen MR) is 87.9 cm³/mol. The van der Waals surface area contributed by atoms with E-state index >= 15 is 0 Å². The van der Waals surface area contributed by atoms with Crippen molar-refractivity contribution in [2.24, 2.45) is 0 Å². The van der Waals surface area contributed by atoms with Crippen molar-refractivity contribution in [2.75, 3.05) is 13.7 Å². The van der Waals surface area contributed by atoms with Gasteiger partial charge in [0, 0.05) is 6.61 Å². The van der Waals surface area contributed by atoms with Gasteiger partial charge in [0.05, 0.1) is 7.11 Å². The lowest BCUT2D eigenvalue weighted by Gasteiger charge is -2.37. The molecule has 2 aromatic rings. The van der Waals surface area contributed by atoms with E-state index in [0.717, 1.165) is 6.42 Å². The van der Waals surface area contributed by atoms with Crippen LogP contribution in [0.2, 0.25) is 0 Å². The average molecular weight is 314 g/mol. The Morgan fingerprint density at radius 3 is 1.91 bits per heavy atom. The zero-order valence-corrected chi connectivity index (χ0v) is 13.4. The molecule has 0 aliphatic carbocycles. The van der Waals surface area contributed by atoms with Crippen LogP contribution in [0.15, 0.2) is 60.7 Å². The van der Waals surface area contributed by atoms with Crippen LogP contribution in [0, 0.1) is 0 Å². The fourth-order valence-corrected chi connectivity index (χ4v) is 2.64. The number of aliphatic hydroxyl groups is 1. The molecule has 0 saturated heterocycles. The highest BCUT2D eigenvalue weighted by Crippen LogP contribution is 2.37. The number of aliphatic hydroxyl groups excluding tert-OH is 1. The van der Waals surface area contributed by atoms with Gasteiger partial charge in [0.25, 0.3) is 0 Å². The second-order valence-electron chi connectivity index (χ2n) is 5.24. The van der Waals surface area contributed by atoms with E-state index in [2.05, 4.69) is 0 Å². The van der Waals surface area contributed by atoms with Crippen molar-refractivity contribution in [3.05, 3.63) is 71.8 Å². The fourth-order valence-electron chi connectivity index (χ4n) is 2.64. The summed E-state index contributed by atoms with van der Waals surface area (Å²) < 4.78 is 10.9. The molecule has 1 N–H and O–H groups in total. The number of ether oxygens (including phenoxy) is 2. The first-order chi connectivity index (χ1) is 11.2. The minimum atomic E-state index is -1.47. The highest BCUT2D eigenvalue weighted by Gasteiger charge is 2.47. The van der Waals surface area contributed by atoms with Crippen molar-refractivity contribution in [1.82, 2.24) is 0 Å². The Morgan fingerprint density at radius 2 is 1.52 bits per heavy atom. The molecule has 2 aromatic carbocycles. The average Bonchev–Trinajstić information content (AvgIpc) is 2.63. The van der Waals surface area contributed by atoms with Crippen LogP contribution in [-0.2, 0) is 19.9 Å². The molecule has 0 saturated carbocycles. The number of hydrogen-bond acceptors (Lipinski definition) is 4. The van der Waals surface area contributed by atoms with Crippen molar-refractivity contribution in [3.63, 3.8) is 0 Å². The molecule has 0 amide bonds. The van der Waals surface area contributed by atoms with Crippen LogP contribution >= 0.6 is 0 Å². The van der Waals surface area contributed by atoms with Gasteiger partial charge in [0.1, 0.15) is 0 Å². The molecular weight excluding hydrogens is 292 g/mol. The van der Waals surface area contributed by atoms with Crippen LogP contribution in [0.3, 0.4) is 0 Å². The molecule has 4 heteroatoms. The summed E-state index contributed by atoms with van der Waals surface area (Å²) in [4.78, 5) is 12.1. The minimum Gasteiger partial charge on any atom is -0.467 e. The van der Waals surface area contributed by atoms with Crippen LogP contribution in [0.4, 0.5) is 0 Å². The molecule has 0 heterocycles. The summed E-state index contributed by atoms with van der Waals surface area (Å²) in [6.07, 6.45) is -0.709. The maximum Gasteiger partial charge on any atom is 0.338 e. The maximum absolute atomic E-state index is 12.1. The van der Waals surface area contributed by atoms with Crippen molar-refractivity contribution in [3.8, 4) is 0 Å². The molecule has 0 aromatic heterocycles. The van der Waals surface area contributed by atoms with Gasteiger partial charge >= 0.3 is 5.97 Å². The maximum atomic E-state index is 12.1. The Labute approximate surface area is 136 Å². The Kier molecular flexibility index (Phi) is 5.90. The monoisotopic (exact) mass is 314 g/mol. The van der Waals surface area contributed by atoms with E-state index in [1.807, 2.05) is 67.6 Å². The summed E-state index contributed by atoms with van der Waals surface area (Å²) >= 11 is 0. The lowest BCUT2D eigenvalue weighted by atomic mass is 9.81. The van der Waals surface area contributed by atoms with E-state index in [1.165, 1.54) is 7.11 Å². The molecular formula is C19H22O4. The van der Waals surface area contributed by atoms with Crippen molar-refractivity contribution >= 4 is 5.97 Å². The molecule has 2 rings (SSSR count). The second-order valence-corrected chi connectivity index (χ2v) is 5.24. The largest absolute Gasteiger partial charge is 0.467 e. The minimum absolute atomic E-state index is 0.401. The van der Waals surface area contributed by atoms with E-state index in [4.69, 9.17) is 9.47 Å². The highest BCUT2D eigenvalue weighted by molar-refractivity contribution is 5.77. The molecule has 0 spiro atoms. The van der Waals surface area contributed by atoms with Gasteiger partial charge in [0.15, 0.2) is 11.7 Å². The van der Waals surface area contributed by atoms with Gasteiger partial charge in [-0.05, 0) is 17.5 Å². The third kappa shape index (κ3) is 3.44. The number of rotatable bonds is 7. The van der Waals surface area contributed by atoms with Crippen molar-refractivity contribution in [1.29, 1.82) is 0 Å². The third-order valence-electron chi connectivity index (χ3n) is 3.75. The Balaban J connectivity index is 2.65. The summed E-state index contributed by atoms with van der Waals surface area (Å²) in [6, 6.07) is 18.5.